The summed E-state index contributed by atoms with van der Waals surface area (Å²) in [5.74, 6) is -1.77. The molecule has 1 unspecified atom stereocenters. The first-order valence-electron chi connectivity index (χ1n) is 4.21. The zero-order valence-electron chi connectivity index (χ0n) is 8.12. The number of hydrogen-bond donors (Lipinski definition) is 3. The Bertz CT molecular complexity index is 462. The molecular formula is C9H7BrF3NO3. The minimum absolute atomic E-state index is 0.0841. The second-order valence-electron chi connectivity index (χ2n) is 3.20. The Labute approximate surface area is 102 Å². The van der Waals surface area contributed by atoms with Gasteiger partial charge in [0, 0.05) is 15.7 Å². The van der Waals surface area contributed by atoms with Crippen LogP contribution in [-0.4, -0.2) is 16.2 Å². The molecule has 4 nitrogen and oxygen atoms in total. The van der Waals surface area contributed by atoms with Crippen molar-refractivity contribution in [3.8, 4) is 0 Å². The number of carbonyl (C=O) groups is 1. The van der Waals surface area contributed by atoms with Crippen LogP contribution in [0.1, 0.15) is 17.2 Å². The molecule has 0 aliphatic rings. The summed E-state index contributed by atoms with van der Waals surface area (Å²) in [7, 11) is 0. The zero-order valence-corrected chi connectivity index (χ0v) is 9.71. The highest BCUT2D eigenvalue weighted by Gasteiger charge is 2.37. The lowest BCUT2D eigenvalue weighted by Gasteiger charge is -2.16. The molecule has 1 aromatic carbocycles. The van der Waals surface area contributed by atoms with Gasteiger partial charge in [-0.1, -0.05) is 0 Å². The van der Waals surface area contributed by atoms with Crippen LogP contribution in [0.4, 0.5) is 18.9 Å². The smallest absolute Gasteiger partial charge is 0.416 e. The number of alkyl halides is 3. The Hall–Kier alpha value is -1.28. The van der Waals surface area contributed by atoms with Crippen LogP contribution in [0.25, 0.3) is 0 Å². The van der Waals surface area contributed by atoms with Gasteiger partial charge in [-0.25, -0.2) is 4.79 Å². The minimum atomic E-state index is -4.79. The number of nitrogen functional groups attached to an aromatic ring is 1. The van der Waals surface area contributed by atoms with E-state index in [1.807, 2.05) is 0 Å². The van der Waals surface area contributed by atoms with Crippen LogP contribution in [0.2, 0.25) is 0 Å². The number of carboxylic acids is 1. The highest BCUT2D eigenvalue weighted by Crippen LogP contribution is 2.38. The first kappa shape index (κ1) is 13.8. The Morgan fingerprint density at radius 1 is 1.41 bits per heavy atom. The van der Waals surface area contributed by atoms with Gasteiger partial charge in [0.1, 0.15) is 0 Å². The first-order valence-corrected chi connectivity index (χ1v) is 5.01. The molecule has 8 heteroatoms. The highest BCUT2D eigenvalue weighted by molar-refractivity contribution is 9.10. The quantitative estimate of drug-likeness (QED) is 0.731. The first-order chi connectivity index (χ1) is 7.64. The summed E-state index contributed by atoms with van der Waals surface area (Å²) >= 11 is 2.87. The van der Waals surface area contributed by atoms with Crippen molar-refractivity contribution in [2.45, 2.75) is 12.3 Å². The van der Waals surface area contributed by atoms with E-state index in [0.717, 1.165) is 6.07 Å². The van der Waals surface area contributed by atoms with Crippen molar-refractivity contribution in [3.63, 3.8) is 0 Å². The molecule has 0 aliphatic carbocycles. The SMILES string of the molecule is Nc1cc(C(F)(F)F)c(C(O)C(=O)O)cc1Br. The molecule has 94 valence electrons. The van der Waals surface area contributed by atoms with E-state index in [1.165, 1.54) is 0 Å². The Kier molecular flexibility index (Phi) is 3.68. The molecule has 0 saturated heterocycles. The van der Waals surface area contributed by atoms with Gasteiger partial charge in [-0.05, 0) is 28.1 Å². The number of rotatable bonds is 2. The normalized spacial score (nSPS) is 13.5. The van der Waals surface area contributed by atoms with Crippen molar-refractivity contribution >= 4 is 27.6 Å². The van der Waals surface area contributed by atoms with Crippen molar-refractivity contribution in [1.82, 2.24) is 0 Å². The van der Waals surface area contributed by atoms with Crippen molar-refractivity contribution in [3.05, 3.63) is 27.7 Å². The number of hydrogen-bond acceptors (Lipinski definition) is 3. The molecule has 4 N–H and O–H groups in total. The van der Waals surface area contributed by atoms with Crippen LogP contribution in [0.15, 0.2) is 16.6 Å². The molecule has 1 atom stereocenters. The van der Waals surface area contributed by atoms with E-state index in [1.54, 1.807) is 0 Å². The van der Waals surface area contributed by atoms with Crippen molar-refractivity contribution < 1.29 is 28.2 Å². The summed E-state index contributed by atoms with van der Waals surface area (Å²) < 4.78 is 37.9. The second kappa shape index (κ2) is 4.53. The maximum atomic E-state index is 12.6. The van der Waals surface area contributed by atoms with Crippen LogP contribution < -0.4 is 5.73 Å². The number of nitrogens with two attached hydrogens (primary N) is 1. The van der Waals surface area contributed by atoms with E-state index >= 15 is 0 Å². The number of halogens is 4. The molecule has 0 saturated carbocycles. The van der Waals surface area contributed by atoms with Crippen LogP contribution >= 0.6 is 15.9 Å². The summed E-state index contributed by atoms with van der Waals surface area (Å²) in [6.45, 7) is 0. The molecule has 0 heterocycles. The minimum Gasteiger partial charge on any atom is -0.479 e. The largest absolute Gasteiger partial charge is 0.479 e. The summed E-state index contributed by atoms with van der Waals surface area (Å²) in [5, 5.41) is 17.7. The van der Waals surface area contributed by atoms with Crippen molar-refractivity contribution in [2.24, 2.45) is 0 Å². The van der Waals surface area contributed by atoms with Gasteiger partial charge in [-0.15, -0.1) is 0 Å². The molecule has 0 radical (unpaired) electrons. The fourth-order valence-corrected chi connectivity index (χ4v) is 1.57. The summed E-state index contributed by atoms with van der Waals surface area (Å²) in [4.78, 5) is 10.5. The highest BCUT2D eigenvalue weighted by atomic mass is 79.9. The van der Waals surface area contributed by atoms with Gasteiger partial charge in [0.25, 0.3) is 0 Å². The van der Waals surface area contributed by atoms with Gasteiger partial charge in [0.05, 0.1) is 5.56 Å². The van der Waals surface area contributed by atoms with E-state index in [2.05, 4.69) is 15.9 Å². The van der Waals surface area contributed by atoms with Gasteiger partial charge < -0.3 is 15.9 Å². The van der Waals surface area contributed by atoms with E-state index < -0.39 is 29.4 Å². The number of aliphatic hydroxyl groups excluding tert-OH is 1. The molecule has 0 bridgehead atoms. The lowest BCUT2D eigenvalue weighted by atomic mass is 10.0. The second-order valence-corrected chi connectivity index (χ2v) is 4.05. The predicted molar refractivity (Wildman–Crippen MR) is 56.2 cm³/mol. The van der Waals surface area contributed by atoms with Crippen LogP contribution in [0.5, 0.6) is 0 Å². The Morgan fingerprint density at radius 2 is 1.94 bits per heavy atom. The molecule has 1 aromatic rings. The molecule has 17 heavy (non-hydrogen) atoms. The van der Waals surface area contributed by atoms with Gasteiger partial charge in [-0.3, -0.25) is 0 Å². The molecular weight excluding hydrogens is 307 g/mol. The fraction of sp³-hybridized carbons (Fsp3) is 0.222. The number of anilines is 1. The summed E-state index contributed by atoms with van der Waals surface area (Å²) in [5.41, 5.74) is 3.06. The lowest BCUT2D eigenvalue weighted by Crippen LogP contribution is -2.18. The third-order valence-electron chi connectivity index (χ3n) is 2.00. The zero-order chi connectivity index (χ0) is 13.4. The topological polar surface area (TPSA) is 83.5 Å². The molecule has 0 aliphatic heterocycles. The number of aliphatic carboxylic acids is 1. The summed E-state index contributed by atoms with van der Waals surface area (Å²) in [6.07, 6.45) is -7.05. The average molecular weight is 314 g/mol. The monoisotopic (exact) mass is 313 g/mol. The van der Waals surface area contributed by atoms with Crippen molar-refractivity contribution in [1.29, 1.82) is 0 Å². The van der Waals surface area contributed by atoms with Gasteiger partial charge in [0.15, 0.2) is 6.10 Å². The average Bonchev–Trinajstić information content (AvgIpc) is 2.18. The standard InChI is InChI=1S/C9H7BrF3NO3/c10-5-1-3(7(15)8(16)17)4(2-6(5)14)9(11,12)13/h1-2,7,15H,14H2,(H,16,17). The van der Waals surface area contributed by atoms with E-state index in [4.69, 9.17) is 10.8 Å². The van der Waals surface area contributed by atoms with Gasteiger partial charge in [0.2, 0.25) is 0 Å². The van der Waals surface area contributed by atoms with Crippen LogP contribution in [-0.2, 0) is 11.0 Å². The molecule has 0 aromatic heterocycles. The third kappa shape index (κ3) is 2.89. The maximum absolute atomic E-state index is 12.6. The number of benzene rings is 1. The van der Waals surface area contributed by atoms with Gasteiger partial charge in [-0.2, -0.15) is 13.2 Å². The van der Waals surface area contributed by atoms with E-state index in [-0.39, 0.29) is 10.2 Å². The fourth-order valence-electron chi connectivity index (χ4n) is 1.21. The Morgan fingerprint density at radius 3 is 2.35 bits per heavy atom. The predicted octanol–water partition coefficient (Wildman–Crippen LogP) is 2.17. The third-order valence-corrected chi connectivity index (χ3v) is 2.69. The van der Waals surface area contributed by atoms with Gasteiger partial charge >= 0.3 is 12.1 Å². The van der Waals surface area contributed by atoms with E-state index in [9.17, 15) is 23.1 Å². The number of aliphatic hydroxyl groups is 1. The van der Waals surface area contributed by atoms with Crippen LogP contribution in [0, 0.1) is 0 Å². The van der Waals surface area contributed by atoms with E-state index in [0.29, 0.717) is 6.07 Å². The number of carboxylic acid groups (broad SMARTS) is 1. The summed E-state index contributed by atoms with van der Waals surface area (Å²) in [6, 6.07) is 1.42. The molecule has 0 amide bonds. The lowest BCUT2D eigenvalue weighted by molar-refractivity contribution is -0.149. The van der Waals surface area contributed by atoms with Crippen LogP contribution in [0.3, 0.4) is 0 Å². The molecule has 0 spiro atoms. The molecule has 0 fully saturated rings. The maximum Gasteiger partial charge on any atom is 0.416 e. The Balaban J connectivity index is 3.46. The molecule has 1 rings (SSSR count). The van der Waals surface area contributed by atoms with Crippen molar-refractivity contribution in [2.75, 3.05) is 5.73 Å².